The molecule has 0 radical (unpaired) electrons. The van der Waals surface area contributed by atoms with Gasteiger partial charge in [0.1, 0.15) is 18.1 Å². The van der Waals surface area contributed by atoms with Crippen molar-refractivity contribution < 1.29 is 19.0 Å². The summed E-state index contributed by atoms with van der Waals surface area (Å²) < 4.78 is 15.3. The second-order valence-corrected chi connectivity index (χ2v) is 4.67. The van der Waals surface area contributed by atoms with Gasteiger partial charge in [-0.25, -0.2) is 0 Å². The third kappa shape index (κ3) is 3.88. The lowest BCUT2D eigenvalue weighted by Gasteiger charge is -2.21. The van der Waals surface area contributed by atoms with Crippen molar-refractivity contribution in [2.75, 3.05) is 20.8 Å². The Kier molecular flexibility index (Phi) is 4.76. The molecule has 0 unspecified atom stereocenters. The zero-order chi connectivity index (χ0) is 14.5. The van der Waals surface area contributed by atoms with Crippen LogP contribution in [0.1, 0.15) is 19.4 Å². The van der Waals surface area contributed by atoms with Gasteiger partial charge in [0.05, 0.1) is 31.3 Å². The zero-order valence-corrected chi connectivity index (χ0v) is 11.5. The molecule has 0 N–H and O–H groups in total. The maximum Gasteiger partial charge on any atom is 0.314 e. The molecule has 0 bridgehead atoms. The number of nitriles is 1. The highest BCUT2D eigenvalue weighted by Gasteiger charge is 2.29. The molecule has 0 amide bonds. The van der Waals surface area contributed by atoms with Crippen molar-refractivity contribution in [3.8, 4) is 17.6 Å². The van der Waals surface area contributed by atoms with E-state index in [1.165, 1.54) is 14.2 Å². The van der Waals surface area contributed by atoms with E-state index in [-0.39, 0.29) is 12.6 Å². The molecule has 0 fully saturated rings. The molecule has 1 aromatic rings. The van der Waals surface area contributed by atoms with Crippen LogP contribution in [0.5, 0.6) is 11.5 Å². The van der Waals surface area contributed by atoms with Gasteiger partial charge in [-0.2, -0.15) is 5.26 Å². The lowest BCUT2D eigenvalue weighted by atomic mass is 9.95. The lowest BCUT2D eigenvalue weighted by Crippen LogP contribution is -2.32. The molecule has 0 saturated carbocycles. The van der Waals surface area contributed by atoms with E-state index in [9.17, 15) is 4.79 Å². The predicted molar refractivity (Wildman–Crippen MR) is 69.0 cm³/mol. The van der Waals surface area contributed by atoms with E-state index in [2.05, 4.69) is 0 Å². The Morgan fingerprint density at radius 2 is 1.89 bits per heavy atom. The van der Waals surface area contributed by atoms with E-state index in [1.807, 2.05) is 6.07 Å². The number of rotatable bonds is 5. The van der Waals surface area contributed by atoms with Crippen LogP contribution in [0.3, 0.4) is 0 Å². The molecule has 5 nitrogen and oxygen atoms in total. The second kappa shape index (κ2) is 6.10. The Bertz CT molecular complexity index is 503. The Hall–Kier alpha value is -2.22. The molecule has 1 aromatic carbocycles. The van der Waals surface area contributed by atoms with E-state index in [1.54, 1.807) is 32.0 Å². The summed E-state index contributed by atoms with van der Waals surface area (Å²) in [5, 5.41) is 8.90. The fourth-order valence-corrected chi connectivity index (χ4v) is 1.44. The Morgan fingerprint density at radius 1 is 1.26 bits per heavy atom. The minimum atomic E-state index is -0.759. The quantitative estimate of drug-likeness (QED) is 0.761. The molecule has 5 heteroatoms. The van der Waals surface area contributed by atoms with Gasteiger partial charge >= 0.3 is 5.97 Å². The Morgan fingerprint density at radius 3 is 2.42 bits per heavy atom. The van der Waals surface area contributed by atoms with Crippen molar-refractivity contribution in [1.82, 2.24) is 0 Å². The fraction of sp³-hybridized carbons (Fsp3) is 0.429. The smallest absolute Gasteiger partial charge is 0.314 e. The van der Waals surface area contributed by atoms with E-state index in [0.717, 1.165) is 0 Å². The molecule has 0 spiro atoms. The third-order valence-corrected chi connectivity index (χ3v) is 2.58. The molecule has 1 rings (SSSR count). The number of methoxy groups -OCH3 is 2. The number of nitrogens with zero attached hydrogens (tertiary/aromatic N) is 1. The van der Waals surface area contributed by atoms with E-state index >= 15 is 0 Å². The van der Waals surface area contributed by atoms with Crippen molar-refractivity contribution in [3.63, 3.8) is 0 Å². The van der Waals surface area contributed by atoms with Crippen LogP contribution in [-0.2, 0) is 9.53 Å². The molecule has 0 aliphatic rings. The van der Waals surface area contributed by atoms with Crippen LogP contribution in [-0.4, -0.2) is 26.8 Å². The van der Waals surface area contributed by atoms with Gasteiger partial charge in [0.15, 0.2) is 0 Å². The largest absolute Gasteiger partial charge is 0.497 e. The number of hydrogen-bond acceptors (Lipinski definition) is 5. The highest BCUT2D eigenvalue weighted by Crippen LogP contribution is 2.25. The van der Waals surface area contributed by atoms with Gasteiger partial charge in [-0.15, -0.1) is 0 Å². The molecule has 0 saturated heterocycles. The summed E-state index contributed by atoms with van der Waals surface area (Å²) in [6.07, 6.45) is 0. The highest BCUT2D eigenvalue weighted by molar-refractivity contribution is 5.75. The van der Waals surface area contributed by atoms with Crippen LogP contribution < -0.4 is 9.47 Å². The SMILES string of the molecule is COC(=O)C(C)(C)COc1cc(C#N)cc(OC)c1. The standard InChI is InChI=1S/C14H17NO4/c1-14(2,13(16)18-4)9-19-12-6-10(8-15)5-11(7-12)17-3/h5-7H,9H2,1-4H3. The fourth-order valence-electron chi connectivity index (χ4n) is 1.44. The van der Waals surface area contributed by atoms with E-state index in [0.29, 0.717) is 17.1 Å². The topological polar surface area (TPSA) is 68.5 Å². The van der Waals surface area contributed by atoms with Gasteiger partial charge < -0.3 is 14.2 Å². The zero-order valence-electron chi connectivity index (χ0n) is 11.5. The first kappa shape index (κ1) is 14.8. The van der Waals surface area contributed by atoms with Crippen molar-refractivity contribution in [2.45, 2.75) is 13.8 Å². The molecule has 0 aliphatic carbocycles. The maximum absolute atomic E-state index is 11.5. The number of carbonyl (C=O) groups is 1. The molecule has 19 heavy (non-hydrogen) atoms. The van der Waals surface area contributed by atoms with Crippen LogP contribution in [0.4, 0.5) is 0 Å². The monoisotopic (exact) mass is 263 g/mol. The van der Waals surface area contributed by atoms with Gasteiger partial charge in [-0.05, 0) is 26.0 Å². The van der Waals surface area contributed by atoms with Gasteiger partial charge in [0, 0.05) is 6.07 Å². The number of esters is 1. The highest BCUT2D eigenvalue weighted by atomic mass is 16.5. The number of benzene rings is 1. The maximum atomic E-state index is 11.5. The van der Waals surface area contributed by atoms with Gasteiger partial charge in [-0.3, -0.25) is 4.79 Å². The molecule has 0 heterocycles. The van der Waals surface area contributed by atoms with Crippen LogP contribution in [0.25, 0.3) is 0 Å². The van der Waals surface area contributed by atoms with Gasteiger partial charge in [0.25, 0.3) is 0 Å². The Balaban J connectivity index is 2.83. The summed E-state index contributed by atoms with van der Waals surface area (Å²) in [4.78, 5) is 11.5. The molecule has 0 aromatic heterocycles. The first-order chi connectivity index (χ1) is 8.92. The van der Waals surface area contributed by atoms with Crippen LogP contribution in [0.15, 0.2) is 18.2 Å². The first-order valence-corrected chi connectivity index (χ1v) is 5.73. The third-order valence-electron chi connectivity index (χ3n) is 2.58. The summed E-state index contributed by atoms with van der Waals surface area (Å²) in [6.45, 7) is 3.60. The lowest BCUT2D eigenvalue weighted by molar-refractivity contribution is -0.152. The normalized spacial score (nSPS) is 10.5. The van der Waals surface area contributed by atoms with E-state index < -0.39 is 5.41 Å². The van der Waals surface area contributed by atoms with Crippen LogP contribution in [0, 0.1) is 16.7 Å². The molecule has 0 atom stereocenters. The summed E-state index contributed by atoms with van der Waals surface area (Å²) in [5.74, 6) is 0.661. The Labute approximate surface area is 112 Å². The van der Waals surface area contributed by atoms with Gasteiger partial charge in [0.2, 0.25) is 0 Å². The molecule has 0 aliphatic heterocycles. The average Bonchev–Trinajstić information content (AvgIpc) is 2.43. The first-order valence-electron chi connectivity index (χ1n) is 5.73. The van der Waals surface area contributed by atoms with Crippen LogP contribution in [0.2, 0.25) is 0 Å². The van der Waals surface area contributed by atoms with Crippen molar-refractivity contribution in [2.24, 2.45) is 5.41 Å². The summed E-state index contributed by atoms with van der Waals surface area (Å²) in [6, 6.07) is 6.89. The summed E-state index contributed by atoms with van der Waals surface area (Å²) >= 11 is 0. The average molecular weight is 263 g/mol. The number of hydrogen-bond donors (Lipinski definition) is 0. The summed E-state index contributed by atoms with van der Waals surface area (Å²) in [7, 11) is 2.85. The van der Waals surface area contributed by atoms with Crippen LogP contribution >= 0.6 is 0 Å². The molecular weight excluding hydrogens is 246 g/mol. The predicted octanol–water partition coefficient (Wildman–Crippen LogP) is 2.14. The summed E-state index contributed by atoms with van der Waals surface area (Å²) in [5.41, 5.74) is -0.324. The van der Waals surface area contributed by atoms with E-state index in [4.69, 9.17) is 19.5 Å². The number of ether oxygens (including phenoxy) is 3. The van der Waals surface area contributed by atoms with Crippen molar-refractivity contribution in [3.05, 3.63) is 23.8 Å². The van der Waals surface area contributed by atoms with Crippen molar-refractivity contribution >= 4 is 5.97 Å². The minimum Gasteiger partial charge on any atom is -0.497 e. The van der Waals surface area contributed by atoms with Gasteiger partial charge in [-0.1, -0.05) is 0 Å². The molecule has 102 valence electrons. The number of carbonyl (C=O) groups excluding carboxylic acids is 1. The second-order valence-electron chi connectivity index (χ2n) is 4.67. The van der Waals surface area contributed by atoms with Crippen molar-refractivity contribution in [1.29, 1.82) is 5.26 Å². The minimum absolute atomic E-state index is 0.151. The molecular formula is C14H17NO4.